The second-order valence-corrected chi connectivity index (χ2v) is 9.40. The van der Waals surface area contributed by atoms with Gasteiger partial charge in [-0.3, -0.25) is 4.79 Å². The molecule has 192 valence electrons. The van der Waals surface area contributed by atoms with Gasteiger partial charge < -0.3 is 19.7 Å². The van der Waals surface area contributed by atoms with E-state index in [9.17, 15) is 14.7 Å². The van der Waals surface area contributed by atoms with Crippen molar-refractivity contribution >= 4 is 22.8 Å². The molecule has 0 radical (unpaired) electrons. The van der Waals surface area contributed by atoms with Crippen molar-refractivity contribution in [2.75, 3.05) is 13.7 Å². The average Bonchev–Trinajstić information content (AvgIpc) is 3.25. The summed E-state index contributed by atoms with van der Waals surface area (Å²) in [6, 6.07) is 21.1. The van der Waals surface area contributed by atoms with Gasteiger partial charge in [-0.15, -0.1) is 0 Å². The summed E-state index contributed by atoms with van der Waals surface area (Å²) < 4.78 is 7.72. The monoisotopic (exact) mass is 498 g/mol. The molecule has 4 rings (SSSR count). The van der Waals surface area contributed by atoms with Gasteiger partial charge in [0.1, 0.15) is 5.75 Å². The molecule has 1 amide bonds. The summed E-state index contributed by atoms with van der Waals surface area (Å²) in [4.78, 5) is 24.4. The lowest BCUT2D eigenvalue weighted by Crippen LogP contribution is -2.28. The van der Waals surface area contributed by atoms with Crippen LogP contribution in [0, 0.1) is 5.92 Å². The third kappa shape index (κ3) is 6.02. The lowest BCUT2D eigenvalue weighted by Gasteiger charge is -2.13. The zero-order valence-electron chi connectivity index (χ0n) is 21.7. The van der Waals surface area contributed by atoms with E-state index < -0.39 is 5.97 Å². The minimum atomic E-state index is -0.992. The molecule has 1 aromatic heterocycles. The molecule has 0 aliphatic carbocycles. The summed E-state index contributed by atoms with van der Waals surface area (Å²) in [6.07, 6.45) is 4.73. The summed E-state index contributed by atoms with van der Waals surface area (Å²) in [5.74, 6) is -0.0633. The zero-order valence-corrected chi connectivity index (χ0v) is 21.7. The van der Waals surface area contributed by atoms with E-state index in [1.807, 2.05) is 36.4 Å². The number of benzene rings is 3. The quantitative estimate of drug-likeness (QED) is 0.260. The van der Waals surface area contributed by atoms with Crippen molar-refractivity contribution in [2.24, 2.45) is 5.92 Å². The van der Waals surface area contributed by atoms with E-state index in [1.165, 1.54) is 5.56 Å². The van der Waals surface area contributed by atoms with Crippen LogP contribution in [0.5, 0.6) is 5.75 Å². The molecule has 3 aromatic carbocycles. The fraction of sp³-hybridized carbons (Fsp3) is 0.290. The van der Waals surface area contributed by atoms with Crippen molar-refractivity contribution in [1.82, 2.24) is 9.88 Å². The highest BCUT2D eigenvalue weighted by molar-refractivity contribution is 5.99. The highest BCUT2D eigenvalue weighted by Gasteiger charge is 2.16. The molecule has 0 aliphatic rings. The summed E-state index contributed by atoms with van der Waals surface area (Å²) in [5.41, 5.74) is 4.96. The van der Waals surface area contributed by atoms with E-state index in [1.54, 1.807) is 25.3 Å². The highest BCUT2D eigenvalue weighted by atomic mass is 16.5. The SMILES string of the molecule is CCC(CC)CNC(=O)c1ccc2c(c1)c(Cc1ccc(C(=O)O)cc1OC)cn2Cc1ccccc1. The van der Waals surface area contributed by atoms with E-state index in [0.29, 0.717) is 36.7 Å². The number of ether oxygens (including phenoxy) is 1. The Bertz CT molecular complexity index is 1390. The predicted octanol–water partition coefficient (Wildman–Crippen LogP) is 6.15. The van der Waals surface area contributed by atoms with E-state index in [0.717, 1.165) is 34.9 Å². The minimum absolute atomic E-state index is 0.0704. The number of aromatic nitrogens is 1. The third-order valence-electron chi connectivity index (χ3n) is 7.04. The number of carbonyl (C=O) groups is 2. The maximum Gasteiger partial charge on any atom is 0.335 e. The van der Waals surface area contributed by atoms with E-state index in [4.69, 9.17) is 4.74 Å². The minimum Gasteiger partial charge on any atom is -0.496 e. The van der Waals surface area contributed by atoms with Crippen molar-refractivity contribution in [3.8, 4) is 5.75 Å². The zero-order chi connectivity index (χ0) is 26.4. The fourth-order valence-corrected chi connectivity index (χ4v) is 4.71. The number of carbonyl (C=O) groups excluding carboxylic acids is 1. The van der Waals surface area contributed by atoms with Crippen molar-refractivity contribution in [3.05, 3.63) is 101 Å². The normalized spacial score (nSPS) is 11.1. The first-order valence-corrected chi connectivity index (χ1v) is 12.8. The molecular weight excluding hydrogens is 464 g/mol. The maximum atomic E-state index is 13.0. The summed E-state index contributed by atoms with van der Waals surface area (Å²) in [6.45, 7) is 5.66. The van der Waals surface area contributed by atoms with Gasteiger partial charge in [-0.1, -0.05) is 63.1 Å². The average molecular weight is 499 g/mol. The second kappa shape index (κ2) is 11.8. The number of carboxylic acid groups (broad SMARTS) is 1. The molecule has 0 aliphatic heterocycles. The lowest BCUT2D eigenvalue weighted by atomic mass is 10.0. The molecule has 0 fully saturated rings. The van der Waals surface area contributed by atoms with Crippen LogP contribution in [-0.4, -0.2) is 35.2 Å². The third-order valence-corrected chi connectivity index (χ3v) is 7.04. The number of methoxy groups -OCH3 is 1. The van der Waals surface area contributed by atoms with Gasteiger partial charge in [0, 0.05) is 42.2 Å². The molecule has 6 heteroatoms. The smallest absolute Gasteiger partial charge is 0.335 e. The number of hydrogen-bond donors (Lipinski definition) is 2. The van der Waals surface area contributed by atoms with Gasteiger partial charge in [0.15, 0.2) is 0 Å². The number of hydrogen-bond acceptors (Lipinski definition) is 3. The van der Waals surface area contributed by atoms with E-state index >= 15 is 0 Å². The molecule has 6 nitrogen and oxygen atoms in total. The maximum absolute atomic E-state index is 13.0. The van der Waals surface area contributed by atoms with Crippen LogP contribution in [0.15, 0.2) is 72.9 Å². The van der Waals surface area contributed by atoms with Crippen molar-refractivity contribution in [2.45, 2.75) is 39.7 Å². The van der Waals surface area contributed by atoms with E-state index in [2.05, 4.69) is 42.1 Å². The standard InChI is InChI=1S/C31H34N2O4/c1-4-21(5-2)18-32-30(34)24-13-14-28-27(16-24)26(20-33(28)19-22-9-7-6-8-10-22)15-23-11-12-25(31(35)36)17-29(23)37-3/h6-14,16-17,20-21H,4-5,15,18-19H2,1-3H3,(H,32,34)(H,35,36). The van der Waals surface area contributed by atoms with Gasteiger partial charge in [0.2, 0.25) is 0 Å². The Morgan fingerprint density at radius 1 is 0.946 bits per heavy atom. The van der Waals surface area contributed by atoms with Crippen LogP contribution in [0.4, 0.5) is 0 Å². The van der Waals surface area contributed by atoms with Gasteiger partial charge in [-0.2, -0.15) is 0 Å². The van der Waals surface area contributed by atoms with Gasteiger partial charge >= 0.3 is 5.97 Å². The molecule has 37 heavy (non-hydrogen) atoms. The number of amides is 1. The van der Waals surface area contributed by atoms with Crippen molar-refractivity contribution in [3.63, 3.8) is 0 Å². The molecule has 0 saturated carbocycles. The lowest BCUT2D eigenvalue weighted by molar-refractivity contribution is 0.0696. The molecule has 0 atom stereocenters. The molecule has 0 saturated heterocycles. The van der Waals surface area contributed by atoms with Crippen LogP contribution in [0.25, 0.3) is 10.9 Å². The first kappa shape index (κ1) is 26.0. The summed E-state index contributed by atoms with van der Waals surface area (Å²) in [5, 5.41) is 13.5. The number of nitrogens with one attached hydrogen (secondary N) is 1. The largest absolute Gasteiger partial charge is 0.496 e. The Balaban J connectivity index is 1.72. The van der Waals surface area contributed by atoms with Crippen LogP contribution in [0.1, 0.15) is 64.1 Å². The second-order valence-electron chi connectivity index (χ2n) is 9.40. The van der Waals surface area contributed by atoms with Crippen molar-refractivity contribution in [1.29, 1.82) is 0 Å². The van der Waals surface area contributed by atoms with Crippen molar-refractivity contribution < 1.29 is 19.4 Å². The van der Waals surface area contributed by atoms with Gasteiger partial charge in [0.05, 0.1) is 12.7 Å². The Hall–Kier alpha value is -4.06. The van der Waals surface area contributed by atoms with Crippen LogP contribution in [0.2, 0.25) is 0 Å². The topological polar surface area (TPSA) is 80.6 Å². The first-order valence-electron chi connectivity index (χ1n) is 12.8. The molecular formula is C31H34N2O4. The molecule has 0 unspecified atom stereocenters. The Morgan fingerprint density at radius 2 is 1.68 bits per heavy atom. The van der Waals surface area contributed by atoms with Gasteiger partial charge in [-0.25, -0.2) is 4.79 Å². The fourth-order valence-electron chi connectivity index (χ4n) is 4.71. The molecule has 4 aromatic rings. The Morgan fingerprint density at radius 3 is 2.35 bits per heavy atom. The predicted molar refractivity (Wildman–Crippen MR) is 147 cm³/mol. The molecule has 0 spiro atoms. The molecule has 1 heterocycles. The Kier molecular flexibility index (Phi) is 8.29. The Labute approximate surface area is 217 Å². The van der Waals surface area contributed by atoms with Gasteiger partial charge in [-0.05, 0) is 52.9 Å². The molecule has 0 bridgehead atoms. The first-order chi connectivity index (χ1) is 17.9. The van der Waals surface area contributed by atoms with Crippen LogP contribution in [0.3, 0.4) is 0 Å². The van der Waals surface area contributed by atoms with E-state index in [-0.39, 0.29) is 11.5 Å². The number of fused-ring (bicyclic) bond motifs is 1. The van der Waals surface area contributed by atoms with Crippen LogP contribution >= 0.6 is 0 Å². The summed E-state index contributed by atoms with van der Waals surface area (Å²) in [7, 11) is 1.55. The van der Waals surface area contributed by atoms with Crippen LogP contribution in [-0.2, 0) is 13.0 Å². The summed E-state index contributed by atoms with van der Waals surface area (Å²) >= 11 is 0. The number of rotatable bonds is 11. The number of aromatic carboxylic acids is 1. The van der Waals surface area contributed by atoms with Gasteiger partial charge in [0.25, 0.3) is 5.91 Å². The highest BCUT2D eigenvalue weighted by Crippen LogP contribution is 2.30. The molecule has 2 N–H and O–H groups in total. The number of carboxylic acids is 1. The number of nitrogens with zero attached hydrogens (tertiary/aromatic N) is 1. The van der Waals surface area contributed by atoms with Crippen LogP contribution < -0.4 is 10.1 Å².